The molecule has 3 N–H and O–H groups in total. The van der Waals surface area contributed by atoms with E-state index >= 15 is 0 Å². The van der Waals surface area contributed by atoms with E-state index in [-0.39, 0.29) is 36.5 Å². The summed E-state index contributed by atoms with van der Waals surface area (Å²) in [6, 6.07) is 8.26. The minimum absolute atomic E-state index is 0.0632. The number of aliphatic hydroxyl groups excluding tert-OH is 1. The lowest BCUT2D eigenvalue weighted by molar-refractivity contribution is -0.162. The first-order chi connectivity index (χ1) is 12.4. The summed E-state index contributed by atoms with van der Waals surface area (Å²) in [4.78, 5) is 40.7. The third-order valence-corrected chi connectivity index (χ3v) is 5.25. The second kappa shape index (κ2) is 6.92. The Morgan fingerprint density at radius 2 is 2.08 bits per heavy atom. The molecule has 26 heavy (non-hydrogen) atoms. The van der Waals surface area contributed by atoms with Crippen molar-refractivity contribution in [1.82, 2.24) is 9.88 Å². The van der Waals surface area contributed by atoms with Crippen molar-refractivity contribution in [2.75, 3.05) is 13.1 Å². The SMILES string of the molecule is CCC[C@]1(C(=O)O)CCN(C(=O)c2cc(=O)[nH]c3ccccc23)C[C@@H]1O. The molecule has 138 valence electrons. The predicted octanol–water partition coefficient (Wildman–Crippen LogP) is 1.61. The maximum Gasteiger partial charge on any atom is 0.312 e. The Morgan fingerprint density at radius 1 is 1.35 bits per heavy atom. The summed E-state index contributed by atoms with van der Waals surface area (Å²) in [5.41, 5.74) is -0.779. The molecule has 0 unspecified atom stereocenters. The molecule has 0 radical (unpaired) electrons. The smallest absolute Gasteiger partial charge is 0.312 e. The van der Waals surface area contributed by atoms with Crippen LogP contribution in [0.2, 0.25) is 0 Å². The number of aliphatic carboxylic acids is 1. The molecule has 2 heterocycles. The number of H-pyrrole nitrogens is 1. The van der Waals surface area contributed by atoms with E-state index in [0.29, 0.717) is 23.7 Å². The number of aliphatic hydroxyl groups is 1. The van der Waals surface area contributed by atoms with Gasteiger partial charge in [0.2, 0.25) is 5.56 Å². The number of carboxylic acid groups (broad SMARTS) is 1. The molecule has 1 aliphatic heterocycles. The van der Waals surface area contributed by atoms with Gasteiger partial charge >= 0.3 is 5.97 Å². The number of hydrogen-bond donors (Lipinski definition) is 3. The highest BCUT2D eigenvalue weighted by Gasteiger charge is 2.48. The van der Waals surface area contributed by atoms with Crippen LogP contribution in [-0.4, -0.2) is 51.2 Å². The van der Waals surface area contributed by atoms with Gasteiger partial charge in [-0.1, -0.05) is 31.5 Å². The summed E-state index contributed by atoms with van der Waals surface area (Å²) in [5, 5.41) is 20.7. The number of piperidine rings is 1. The van der Waals surface area contributed by atoms with Crippen molar-refractivity contribution in [3.8, 4) is 0 Å². The van der Waals surface area contributed by atoms with Crippen molar-refractivity contribution in [1.29, 1.82) is 0 Å². The molecule has 1 amide bonds. The molecule has 7 nitrogen and oxygen atoms in total. The summed E-state index contributed by atoms with van der Waals surface area (Å²) in [5.74, 6) is -1.40. The Kier molecular flexibility index (Phi) is 4.82. The molecular formula is C19H22N2O5. The van der Waals surface area contributed by atoms with Gasteiger partial charge in [-0.25, -0.2) is 0 Å². The van der Waals surface area contributed by atoms with E-state index in [4.69, 9.17) is 0 Å². The van der Waals surface area contributed by atoms with E-state index in [0.717, 1.165) is 0 Å². The van der Waals surface area contributed by atoms with Crippen molar-refractivity contribution in [2.45, 2.75) is 32.3 Å². The van der Waals surface area contributed by atoms with E-state index in [9.17, 15) is 24.6 Å². The standard InChI is InChI=1S/C19H22N2O5/c1-2-7-19(18(25)26)8-9-21(11-15(19)22)17(24)13-10-16(23)20-14-6-4-3-5-12(13)14/h3-6,10,15,22H,2,7-9,11H2,1H3,(H,20,23)(H,25,26)/t15-,19-/m0/s1. The van der Waals surface area contributed by atoms with Gasteiger partial charge in [0.25, 0.3) is 5.91 Å². The van der Waals surface area contributed by atoms with E-state index in [1.165, 1.54) is 11.0 Å². The number of β-amino-alcohol motifs (C(OH)–C–C–N with tert-alkyl or cyclic N) is 1. The fourth-order valence-corrected chi connectivity index (χ4v) is 3.81. The number of carbonyl (C=O) groups is 2. The van der Waals surface area contributed by atoms with E-state index in [1.54, 1.807) is 24.3 Å². The first-order valence-corrected chi connectivity index (χ1v) is 8.72. The molecular weight excluding hydrogens is 336 g/mol. The topological polar surface area (TPSA) is 111 Å². The molecule has 0 spiro atoms. The molecule has 3 rings (SSSR count). The van der Waals surface area contributed by atoms with Gasteiger partial charge in [0.1, 0.15) is 0 Å². The van der Waals surface area contributed by atoms with Crippen LogP contribution >= 0.6 is 0 Å². The number of rotatable bonds is 4. The third kappa shape index (κ3) is 2.99. The van der Waals surface area contributed by atoms with Crippen molar-refractivity contribution >= 4 is 22.8 Å². The highest BCUT2D eigenvalue weighted by Crippen LogP contribution is 2.37. The normalized spacial score (nSPS) is 23.2. The van der Waals surface area contributed by atoms with Gasteiger partial charge in [0.15, 0.2) is 0 Å². The number of carbonyl (C=O) groups excluding carboxylic acids is 1. The molecule has 1 saturated heterocycles. The van der Waals surface area contributed by atoms with Crippen LogP contribution < -0.4 is 5.56 Å². The first-order valence-electron chi connectivity index (χ1n) is 8.72. The lowest BCUT2D eigenvalue weighted by Crippen LogP contribution is -2.56. The van der Waals surface area contributed by atoms with Crippen LogP contribution in [-0.2, 0) is 4.79 Å². The number of para-hydroxylation sites is 1. The zero-order valence-electron chi connectivity index (χ0n) is 14.6. The van der Waals surface area contributed by atoms with Gasteiger partial charge in [-0.05, 0) is 18.9 Å². The first kappa shape index (κ1) is 18.1. The van der Waals surface area contributed by atoms with Crippen LogP contribution in [0.3, 0.4) is 0 Å². The molecule has 2 aromatic rings. The summed E-state index contributed by atoms with van der Waals surface area (Å²) in [6.07, 6.45) is 0.0329. The van der Waals surface area contributed by atoms with Crippen LogP contribution in [0, 0.1) is 5.41 Å². The van der Waals surface area contributed by atoms with Crippen LogP contribution in [0.15, 0.2) is 35.1 Å². The zero-order valence-corrected chi connectivity index (χ0v) is 14.6. The number of fused-ring (bicyclic) bond motifs is 1. The maximum atomic E-state index is 13.0. The second-order valence-electron chi connectivity index (χ2n) is 6.82. The number of nitrogens with one attached hydrogen (secondary N) is 1. The van der Waals surface area contributed by atoms with Crippen molar-refractivity contribution < 1.29 is 19.8 Å². The minimum atomic E-state index is -1.22. The van der Waals surface area contributed by atoms with Crippen molar-refractivity contribution in [3.63, 3.8) is 0 Å². The Bertz CT molecular complexity index is 906. The van der Waals surface area contributed by atoms with Crippen LogP contribution in [0.1, 0.15) is 36.5 Å². The number of benzene rings is 1. The summed E-state index contributed by atoms with van der Waals surface area (Å²) in [7, 11) is 0. The second-order valence-corrected chi connectivity index (χ2v) is 6.82. The number of nitrogens with zero attached hydrogens (tertiary/aromatic N) is 1. The van der Waals surface area contributed by atoms with Gasteiger partial charge in [-0.2, -0.15) is 0 Å². The summed E-state index contributed by atoms with van der Waals surface area (Å²) in [6.45, 7) is 2.03. The summed E-state index contributed by atoms with van der Waals surface area (Å²) >= 11 is 0. The number of likely N-dealkylation sites (tertiary alicyclic amines) is 1. The monoisotopic (exact) mass is 358 g/mol. The highest BCUT2D eigenvalue weighted by molar-refractivity contribution is 6.06. The lowest BCUT2D eigenvalue weighted by Gasteiger charge is -2.42. The zero-order chi connectivity index (χ0) is 18.9. The molecule has 2 atom stereocenters. The van der Waals surface area contributed by atoms with Crippen LogP contribution in [0.4, 0.5) is 0 Å². The molecule has 1 fully saturated rings. The van der Waals surface area contributed by atoms with Gasteiger partial charge in [0, 0.05) is 30.1 Å². The number of aromatic amines is 1. The number of hydrogen-bond acceptors (Lipinski definition) is 4. The molecule has 1 aromatic carbocycles. The minimum Gasteiger partial charge on any atom is -0.481 e. The number of amides is 1. The largest absolute Gasteiger partial charge is 0.481 e. The van der Waals surface area contributed by atoms with Gasteiger partial charge in [0.05, 0.1) is 17.1 Å². The fraction of sp³-hybridized carbons (Fsp3) is 0.421. The number of aromatic nitrogens is 1. The van der Waals surface area contributed by atoms with Crippen molar-refractivity contribution in [3.05, 3.63) is 46.2 Å². The van der Waals surface area contributed by atoms with Gasteiger partial charge in [-0.15, -0.1) is 0 Å². The molecule has 7 heteroatoms. The number of pyridine rings is 1. The molecule has 1 aliphatic rings. The van der Waals surface area contributed by atoms with Gasteiger partial charge < -0.3 is 20.1 Å². The van der Waals surface area contributed by atoms with Gasteiger partial charge in [-0.3, -0.25) is 14.4 Å². The quantitative estimate of drug-likeness (QED) is 0.769. The predicted molar refractivity (Wildman–Crippen MR) is 96.1 cm³/mol. The average molecular weight is 358 g/mol. The molecule has 1 aromatic heterocycles. The number of carboxylic acids is 1. The van der Waals surface area contributed by atoms with E-state index in [2.05, 4.69) is 4.98 Å². The Labute approximate surface area is 150 Å². The van der Waals surface area contributed by atoms with Crippen LogP contribution in [0.5, 0.6) is 0 Å². The van der Waals surface area contributed by atoms with E-state index < -0.39 is 17.5 Å². The van der Waals surface area contributed by atoms with E-state index in [1.807, 2.05) is 6.92 Å². The molecule has 0 saturated carbocycles. The Balaban J connectivity index is 1.92. The lowest BCUT2D eigenvalue weighted by atomic mass is 9.72. The van der Waals surface area contributed by atoms with Crippen LogP contribution in [0.25, 0.3) is 10.9 Å². The van der Waals surface area contributed by atoms with Crippen molar-refractivity contribution in [2.24, 2.45) is 5.41 Å². The Morgan fingerprint density at radius 3 is 2.73 bits per heavy atom. The highest BCUT2D eigenvalue weighted by atomic mass is 16.4. The maximum absolute atomic E-state index is 13.0. The molecule has 0 bridgehead atoms. The Hall–Kier alpha value is -2.67. The molecule has 0 aliphatic carbocycles. The fourth-order valence-electron chi connectivity index (χ4n) is 3.81. The summed E-state index contributed by atoms with van der Waals surface area (Å²) < 4.78 is 0. The average Bonchev–Trinajstić information content (AvgIpc) is 2.62. The third-order valence-electron chi connectivity index (χ3n) is 5.25.